The lowest BCUT2D eigenvalue weighted by Gasteiger charge is -2.35. The highest BCUT2D eigenvalue weighted by atomic mass is 16.5. The van der Waals surface area contributed by atoms with Crippen LogP contribution in [0.3, 0.4) is 0 Å². The fraction of sp³-hybridized carbons (Fsp3) is 0.625. The summed E-state index contributed by atoms with van der Waals surface area (Å²) in [7, 11) is 0. The van der Waals surface area contributed by atoms with Crippen LogP contribution < -0.4 is 0 Å². The Morgan fingerprint density at radius 2 is 2.35 bits per heavy atom. The topological polar surface area (TPSA) is 42.4 Å². The second-order valence-corrected chi connectivity index (χ2v) is 5.96. The lowest BCUT2D eigenvalue weighted by Crippen LogP contribution is -2.44. The number of hydrogen-bond donors (Lipinski definition) is 0. The second-order valence-electron chi connectivity index (χ2n) is 5.96. The predicted octanol–water partition coefficient (Wildman–Crippen LogP) is 2.28. The molecule has 3 atom stereocenters. The molecule has 0 unspecified atom stereocenters. The van der Waals surface area contributed by atoms with E-state index in [0.29, 0.717) is 23.6 Å². The maximum Gasteiger partial charge on any atom is 0.272 e. The Balaban J connectivity index is 1.68. The Labute approximate surface area is 120 Å². The molecule has 0 radical (unpaired) electrons. The molecular formula is C16H22N2O2. The van der Waals surface area contributed by atoms with Crippen LogP contribution in [0.2, 0.25) is 0 Å². The van der Waals surface area contributed by atoms with Gasteiger partial charge in [0, 0.05) is 25.2 Å². The zero-order valence-corrected chi connectivity index (χ0v) is 12.2. The van der Waals surface area contributed by atoms with Crippen LogP contribution in [0.5, 0.6) is 0 Å². The molecule has 20 heavy (non-hydrogen) atoms. The highest BCUT2D eigenvalue weighted by molar-refractivity contribution is 5.92. The molecule has 2 saturated heterocycles. The van der Waals surface area contributed by atoms with Gasteiger partial charge in [0.05, 0.1) is 12.7 Å². The number of aryl methyl sites for hydroxylation is 1. The number of piperidine rings is 1. The molecule has 4 heteroatoms. The fourth-order valence-corrected chi connectivity index (χ4v) is 3.45. The van der Waals surface area contributed by atoms with Crippen LogP contribution >= 0.6 is 0 Å². The van der Waals surface area contributed by atoms with Gasteiger partial charge in [-0.25, -0.2) is 0 Å². The van der Waals surface area contributed by atoms with E-state index in [0.717, 1.165) is 38.1 Å². The SMILES string of the molecule is CC[C@@H]1OC[C@H]2CN(C(=O)c3ccc(C)cn3)CC[C@H]21. The first-order chi connectivity index (χ1) is 9.69. The quantitative estimate of drug-likeness (QED) is 0.831. The predicted molar refractivity (Wildman–Crippen MR) is 76.5 cm³/mol. The largest absolute Gasteiger partial charge is 0.378 e. The number of amides is 1. The third kappa shape index (κ3) is 2.44. The standard InChI is InChI=1S/C16H22N2O2/c1-3-15-13-6-7-18(9-12(13)10-20-15)16(19)14-5-4-11(2)8-17-14/h4-5,8,12-13,15H,3,6-7,9-10H2,1-2H3/t12-,13-,15+/m1/s1. The first kappa shape index (κ1) is 13.6. The molecule has 0 aromatic carbocycles. The van der Waals surface area contributed by atoms with E-state index in [1.165, 1.54) is 0 Å². The van der Waals surface area contributed by atoms with Gasteiger partial charge < -0.3 is 9.64 Å². The van der Waals surface area contributed by atoms with E-state index in [2.05, 4.69) is 11.9 Å². The summed E-state index contributed by atoms with van der Waals surface area (Å²) in [6.45, 7) is 6.60. The summed E-state index contributed by atoms with van der Waals surface area (Å²) >= 11 is 0. The van der Waals surface area contributed by atoms with Gasteiger partial charge in [-0.15, -0.1) is 0 Å². The molecule has 2 fully saturated rings. The van der Waals surface area contributed by atoms with Gasteiger partial charge >= 0.3 is 0 Å². The van der Waals surface area contributed by atoms with Crippen molar-refractivity contribution in [2.24, 2.45) is 11.8 Å². The third-order valence-electron chi connectivity index (χ3n) is 4.61. The number of hydrogen-bond acceptors (Lipinski definition) is 3. The maximum absolute atomic E-state index is 12.5. The van der Waals surface area contributed by atoms with Crippen LogP contribution in [-0.4, -0.2) is 41.6 Å². The molecule has 0 bridgehead atoms. The molecule has 1 aromatic heterocycles. The monoisotopic (exact) mass is 274 g/mol. The minimum atomic E-state index is 0.0587. The molecule has 0 N–H and O–H groups in total. The molecule has 2 aliphatic rings. The van der Waals surface area contributed by atoms with Crippen LogP contribution in [-0.2, 0) is 4.74 Å². The van der Waals surface area contributed by atoms with Crippen molar-refractivity contribution in [1.82, 2.24) is 9.88 Å². The summed E-state index contributed by atoms with van der Waals surface area (Å²) in [6, 6.07) is 3.77. The zero-order chi connectivity index (χ0) is 14.1. The van der Waals surface area contributed by atoms with E-state index >= 15 is 0 Å². The van der Waals surface area contributed by atoms with Crippen LogP contribution in [0.15, 0.2) is 18.3 Å². The maximum atomic E-state index is 12.5. The summed E-state index contributed by atoms with van der Waals surface area (Å²) in [6.07, 6.45) is 4.29. The van der Waals surface area contributed by atoms with Crippen molar-refractivity contribution in [3.63, 3.8) is 0 Å². The normalized spacial score (nSPS) is 29.3. The van der Waals surface area contributed by atoms with Gasteiger partial charge in [0.1, 0.15) is 5.69 Å². The van der Waals surface area contributed by atoms with Crippen molar-refractivity contribution in [3.05, 3.63) is 29.6 Å². The number of likely N-dealkylation sites (tertiary alicyclic amines) is 1. The number of rotatable bonds is 2. The summed E-state index contributed by atoms with van der Waals surface area (Å²) in [5, 5.41) is 0. The van der Waals surface area contributed by atoms with Gasteiger partial charge in [-0.1, -0.05) is 13.0 Å². The average Bonchev–Trinajstić information content (AvgIpc) is 2.89. The minimum Gasteiger partial charge on any atom is -0.378 e. The molecule has 3 rings (SSSR count). The molecule has 1 amide bonds. The first-order valence-electron chi connectivity index (χ1n) is 7.52. The molecule has 4 nitrogen and oxygen atoms in total. The molecule has 108 valence electrons. The number of carbonyl (C=O) groups excluding carboxylic acids is 1. The Hall–Kier alpha value is -1.42. The number of ether oxygens (including phenoxy) is 1. The summed E-state index contributed by atoms with van der Waals surface area (Å²) < 4.78 is 5.85. The molecule has 0 saturated carbocycles. The molecule has 3 heterocycles. The van der Waals surface area contributed by atoms with Crippen molar-refractivity contribution in [2.75, 3.05) is 19.7 Å². The van der Waals surface area contributed by atoms with E-state index in [9.17, 15) is 4.79 Å². The van der Waals surface area contributed by atoms with E-state index in [4.69, 9.17) is 4.74 Å². The van der Waals surface area contributed by atoms with E-state index in [-0.39, 0.29) is 5.91 Å². The summed E-state index contributed by atoms with van der Waals surface area (Å²) in [5.74, 6) is 1.20. The van der Waals surface area contributed by atoms with Crippen LogP contribution in [0.1, 0.15) is 35.8 Å². The number of fused-ring (bicyclic) bond motifs is 1. The van der Waals surface area contributed by atoms with Gasteiger partial charge in [0.25, 0.3) is 5.91 Å². The molecule has 0 aliphatic carbocycles. The smallest absolute Gasteiger partial charge is 0.272 e. The molecule has 0 spiro atoms. The number of nitrogens with zero attached hydrogens (tertiary/aromatic N) is 2. The lowest BCUT2D eigenvalue weighted by atomic mass is 9.83. The first-order valence-corrected chi connectivity index (χ1v) is 7.52. The Morgan fingerprint density at radius 1 is 1.50 bits per heavy atom. The van der Waals surface area contributed by atoms with Crippen molar-refractivity contribution in [3.8, 4) is 0 Å². The average molecular weight is 274 g/mol. The number of carbonyl (C=O) groups is 1. The zero-order valence-electron chi connectivity index (χ0n) is 12.2. The van der Waals surface area contributed by atoms with Crippen LogP contribution in [0, 0.1) is 18.8 Å². The third-order valence-corrected chi connectivity index (χ3v) is 4.61. The van der Waals surface area contributed by atoms with E-state index in [1.54, 1.807) is 6.20 Å². The van der Waals surface area contributed by atoms with Crippen molar-refractivity contribution >= 4 is 5.91 Å². The molecular weight excluding hydrogens is 252 g/mol. The minimum absolute atomic E-state index is 0.0587. The van der Waals surface area contributed by atoms with Crippen molar-refractivity contribution in [2.45, 2.75) is 32.8 Å². The van der Waals surface area contributed by atoms with Gasteiger partial charge in [-0.2, -0.15) is 0 Å². The van der Waals surface area contributed by atoms with Gasteiger partial charge in [-0.3, -0.25) is 9.78 Å². The fourth-order valence-electron chi connectivity index (χ4n) is 3.45. The highest BCUT2D eigenvalue weighted by Gasteiger charge is 2.41. The Kier molecular flexibility index (Phi) is 3.74. The molecule has 1 aromatic rings. The Bertz CT molecular complexity index is 486. The van der Waals surface area contributed by atoms with Crippen molar-refractivity contribution < 1.29 is 9.53 Å². The second kappa shape index (κ2) is 5.52. The van der Waals surface area contributed by atoms with Crippen LogP contribution in [0.4, 0.5) is 0 Å². The number of aromatic nitrogens is 1. The molecule has 2 aliphatic heterocycles. The Morgan fingerprint density at radius 3 is 3.05 bits per heavy atom. The van der Waals surface area contributed by atoms with Gasteiger partial charge in [-0.05, 0) is 37.3 Å². The summed E-state index contributed by atoms with van der Waals surface area (Å²) in [4.78, 5) is 18.7. The lowest BCUT2D eigenvalue weighted by molar-refractivity contribution is 0.0602. The van der Waals surface area contributed by atoms with Gasteiger partial charge in [0.2, 0.25) is 0 Å². The van der Waals surface area contributed by atoms with E-state index < -0.39 is 0 Å². The number of pyridine rings is 1. The summed E-state index contributed by atoms with van der Waals surface area (Å²) in [5.41, 5.74) is 1.63. The highest BCUT2D eigenvalue weighted by Crippen LogP contribution is 2.35. The van der Waals surface area contributed by atoms with Crippen LogP contribution in [0.25, 0.3) is 0 Å². The van der Waals surface area contributed by atoms with Crippen molar-refractivity contribution in [1.29, 1.82) is 0 Å². The van der Waals surface area contributed by atoms with Gasteiger partial charge in [0.15, 0.2) is 0 Å². The van der Waals surface area contributed by atoms with E-state index in [1.807, 2.05) is 24.0 Å².